The van der Waals surface area contributed by atoms with Crippen molar-refractivity contribution < 1.29 is 35.1 Å². The van der Waals surface area contributed by atoms with Crippen LogP contribution in [0.3, 0.4) is 0 Å². The Kier molecular flexibility index (Phi) is 8.47. The first-order valence-corrected chi connectivity index (χ1v) is 11.3. The molecule has 0 radical (unpaired) electrons. The Morgan fingerprint density at radius 1 is 0.529 bits per heavy atom. The van der Waals surface area contributed by atoms with Gasteiger partial charge in [0.25, 0.3) is 0 Å². The lowest BCUT2D eigenvalue weighted by atomic mass is 9.83. The lowest BCUT2D eigenvalue weighted by Crippen LogP contribution is -2.18. The number of rotatable bonds is 7. The molecule has 34 heavy (non-hydrogen) atoms. The highest BCUT2D eigenvalue weighted by molar-refractivity contribution is 5.44. The van der Waals surface area contributed by atoms with E-state index in [9.17, 15) is 35.1 Å². The van der Waals surface area contributed by atoms with Gasteiger partial charge < -0.3 is 0 Å². The summed E-state index contributed by atoms with van der Waals surface area (Å²) in [5.74, 6) is -3.58. The first kappa shape index (κ1) is 28.1. The number of halogens is 8. The molecule has 0 bridgehead atoms. The Bertz CT molecular complexity index is 999. The topological polar surface area (TPSA) is 0 Å². The van der Waals surface area contributed by atoms with Crippen LogP contribution in [0.5, 0.6) is 0 Å². The van der Waals surface area contributed by atoms with Crippen molar-refractivity contribution in [3.05, 3.63) is 69.3 Å². The van der Waals surface area contributed by atoms with E-state index in [1.807, 2.05) is 0 Å². The molecule has 2 rings (SSSR count). The highest BCUT2D eigenvalue weighted by Crippen LogP contribution is 2.44. The van der Waals surface area contributed by atoms with E-state index in [1.165, 1.54) is 20.8 Å². The van der Waals surface area contributed by atoms with Crippen LogP contribution in [-0.2, 0) is 12.4 Å². The first-order chi connectivity index (χ1) is 15.4. The minimum atomic E-state index is -4.83. The van der Waals surface area contributed by atoms with Gasteiger partial charge in [0, 0.05) is 0 Å². The molecule has 0 fully saturated rings. The van der Waals surface area contributed by atoms with Crippen molar-refractivity contribution in [2.75, 3.05) is 0 Å². The van der Waals surface area contributed by atoms with E-state index in [4.69, 9.17) is 0 Å². The van der Waals surface area contributed by atoms with Crippen molar-refractivity contribution in [2.45, 2.75) is 90.4 Å². The van der Waals surface area contributed by atoms with Crippen LogP contribution in [-0.4, -0.2) is 0 Å². The number of hydrogen-bond donors (Lipinski definition) is 0. The van der Waals surface area contributed by atoms with Gasteiger partial charge in [-0.2, -0.15) is 26.3 Å². The second-order valence-corrected chi connectivity index (χ2v) is 9.61. The summed E-state index contributed by atoms with van der Waals surface area (Å²) in [4.78, 5) is 0. The molecule has 0 N–H and O–H groups in total. The fraction of sp³-hybridized carbons (Fsp3) is 0.538. The third-order valence-corrected chi connectivity index (χ3v) is 6.29. The van der Waals surface area contributed by atoms with Gasteiger partial charge in [0.05, 0.1) is 11.1 Å². The highest BCUT2D eigenvalue weighted by Gasteiger charge is 2.40. The quantitative estimate of drug-likeness (QED) is 0.336. The molecule has 0 aliphatic rings. The summed E-state index contributed by atoms with van der Waals surface area (Å²) >= 11 is 0. The van der Waals surface area contributed by atoms with Crippen LogP contribution >= 0.6 is 0 Å². The van der Waals surface area contributed by atoms with E-state index >= 15 is 0 Å². The van der Waals surface area contributed by atoms with Crippen molar-refractivity contribution in [3.63, 3.8) is 0 Å². The fourth-order valence-corrected chi connectivity index (χ4v) is 4.22. The van der Waals surface area contributed by atoms with E-state index in [1.54, 1.807) is 20.8 Å². The zero-order valence-corrected chi connectivity index (χ0v) is 20.1. The molecule has 0 aliphatic heterocycles. The van der Waals surface area contributed by atoms with Gasteiger partial charge >= 0.3 is 12.4 Å². The Morgan fingerprint density at radius 2 is 0.882 bits per heavy atom. The lowest BCUT2D eigenvalue weighted by molar-refractivity contribution is -0.142. The first-order valence-electron chi connectivity index (χ1n) is 11.3. The number of hydrogen-bond acceptors (Lipinski definition) is 0. The van der Waals surface area contributed by atoms with Crippen LogP contribution < -0.4 is 0 Å². The predicted molar refractivity (Wildman–Crippen MR) is 117 cm³/mol. The Hall–Kier alpha value is -2.12. The lowest BCUT2D eigenvalue weighted by Gasteiger charge is -2.25. The van der Waals surface area contributed by atoms with E-state index in [0.717, 1.165) is 12.1 Å². The van der Waals surface area contributed by atoms with E-state index < -0.39 is 64.0 Å². The van der Waals surface area contributed by atoms with Crippen molar-refractivity contribution in [1.29, 1.82) is 0 Å². The van der Waals surface area contributed by atoms with Gasteiger partial charge in [0.1, 0.15) is 11.6 Å². The van der Waals surface area contributed by atoms with Crippen LogP contribution in [0.15, 0.2) is 24.3 Å². The molecule has 8 heteroatoms. The number of benzene rings is 2. The summed E-state index contributed by atoms with van der Waals surface area (Å²) in [6.45, 7) is 9.31. The van der Waals surface area contributed by atoms with Crippen LogP contribution in [0, 0.1) is 11.6 Å². The normalized spacial score (nSPS) is 14.7. The second kappa shape index (κ2) is 10.2. The maximum atomic E-state index is 14.6. The molecule has 0 amide bonds. The molecule has 0 aliphatic carbocycles. The third-order valence-electron chi connectivity index (χ3n) is 6.29. The smallest absolute Gasteiger partial charge is 0.207 e. The van der Waals surface area contributed by atoms with Crippen LogP contribution in [0.1, 0.15) is 111 Å². The molecule has 0 saturated carbocycles. The monoisotopic (exact) mass is 494 g/mol. The van der Waals surface area contributed by atoms with Gasteiger partial charge in [-0.25, -0.2) is 8.78 Å². The summed E-state index contributed by atoms with van der Waals surface area (Å²) < 4.78 is 111. The summed E-state index contributed by atoms with van der Waals surface area (Å²) in [6, 6.07) is 3.42. The molecule has 0 nitrogen and oxygen atoms in total. The minimum Gasteiger partial charge on any atom is -0.207 e. The van der Waals surface area contributed by atoms with Crippen molar-refractivity contribution in [2.24, 2.45) is 0 Å². The fourth-order valence-electron chi connectivity index (χ4n) is 4.22. The third kappa shape index (κ3) is 6.30. The average molecular weight is 495 g/mol. The molecule has 0 heterocycles. The second-order valence-electron chi connectivity index (χ2n) is 9.61. The predicted octanol–water partition coefficient (Wildman–Crippen LogP) is 9.94. The summed E-state index contributed by atoms with van der Waals surface area (Å²) in [5, 5.41) is 0. The molecular formula is C26H30F8. The highest BCUT2D eigenvalue weighted by atomic mass is 19.4. The van der Waals surface area contributed by atoms with Crippen LogP contribution in [0.2, 0.25) is 0 Å². The summed E-state index contributed by atoms with van der Waals surface area (Å²) in [6.07, 6.45) is -9.39. The molecular weight excluding hydrogens is 464 g/mol. The van der Waals surface area contributed by atoms with Gasteiger partial charge in [-0.3, -0.25) is 0 Å². The van der Waals surface area contributed by atoms with Gasteiger partial charge in [0.15, 0.2) is 0 Å². The maximum absolute atomic E-state index is 14.6. The van der Waals surface area contributed by atoms with Crippen LogP contribution in [0.25, 0.3) is 0 Å². The van der Waals surface area contributed by atoms with Crippen molar-refractivity contribution >= 4 is 0 Å². The van der Waals surface area contributed by atoms with Gasteiger partial charge in [0.2, 0.25) is 0 Å². The molecule has 2 unspecified atom stereocenters. The SMILES string of the molecule is CC(C)c1cc(F)c(C(C)CCC(C)c2cc(C(F)(F)F)c(C(C)C)cc2C(F)(F)F)cc1F. The molecule has 0 saturated heterocycles. The van der Waals surface area contributed by atoms with Crippen molar-refractivity contribution in [1.82, 2.24) is 0 Å². The molecule has 2 aromatic carbocycles. The summed E-state index contributed by atoms with van der Waals surface area (Å²) in [7, 11) is 0. The molecule has 2 atom stereocenters. The standard InChI is InChI=1S/C26H30F8/c1-13(2)17-9-22(26(32,33)34)19(10-21(17)25(29,30)31)15(5)7-8-16(6)20-12-23(27)18(14(3)4)11-24(20)28/h9-16H,7-8H2,1-6H3. The average Bonchev–Trinajstić information content (AvgIpc) is 2.70. The van der Waals surface area contributed by atoms with Gasteiger partial charge in [-0.1, -0.05) is 41.5 Å². The Labute approximate surface area is 195 Å². The Balaban J connectivity index is 2.40. The molecule has 190 valence electrons. The zero-order chi connectivity index (χ0) is 26.2. The largest absolute Gasteiger partial charge is 0.416 e. The zero-order valence-electron chi connectivity index (χ0n) is 20.1. The van der Waals surface area contributed by atoms with E-state index in [2.05, 4.69) is 0 Å². The van der Waals surface area contributed by atoms with E-state index in [0.29, 0.717) is 12.1 Å². The molecule has 0 aromatic heterocycles. The summed E-state index contributed by atoms with van der Waals surface area (Å²) in [5.41, 5.74) is -2.71. The molecule has 0 spiro atoms. The van der Waals surface area contributed by atoms with Crippen LogP contribution in [0.4, 0.5) is 35.1 Å². The maximum Gasteiger partial charge on any atom is 0.416 e. The van der Waals surface area contributed by atoms with E-state index in [-0.39, 0.29) is 29.9 Å². The number of alkyl halides is 6. The minimum absolute atomic E-state index is 0.0650. The van der Waals surface area contributed by atoms with Crippen molar-refractivity contribution in [3.8, 4) is 0 Å². The Morgan fingerprint density at radius 3 is 1.32 bits per heavy atom. The molecule has 2 aromatic rings. The van der Waals surface area contributed by atoms with Gasteiger partial charge in [-0.05, 0) is 83.0 Å². The van der Waals surface area contributed by atoms with Gasteiger partial charge in [-0.15, -0.1) is 0 Å².